The largest absolute Gasteiger partial charge is 0.497 e. The number of aromatic amines is 1. The van der Waals surface area contributed by atoms with Crippen molar-refractivity contribution in [3.8, 4) is 17.2 Å². The summed E-state index contributed by atoms with van der Waals surface area (Å²) >= 11 is 0. The van der Waals surface area contributed by atoms with Gasteiger partial charge in [0.15, 0.2) is 0 Å². The number of hydrogen-bond donors (Lipinski definition) is 3. The zero-order chi connectivity index (χ0) is 21.0. The molecular formula is C22H19N3O5. The summed E-state index contributed by atoms with van der Waals surface area (Å²) in [7, 11) is 4.75. The van der Waals surface area contributed by atoms with Crippen molar-refractivity contribution in [3.63, 3.8) is 0 Å². The molecule has 5 rings (SSSR count). The molecular weight excluding hydrogens is 386 g/mol. The monoisotopic (exact) mass is 405 g/mol. The lowest BCUT2D eigenvalue weighted by Gasteiger charge is -2.24. The van der Waals surface area contributed by atoms with Crippen LogP contribution in [0.2, 0.25) is 0 Å². The number of H-pyrrole nitrogens is 1. The molecule has 8 nitrogen and oxygen atoms in total. The van der Waals surface area contributed by atoms with Crippen molar-refractivity contribution in [1.82, 2.24) is 15.6 Å². The van der Waals surface area contributed by atoms with Gasteiger partial charge in [0.05, 0.1) is 32.9 Å². The van der Waals surface area contributed by atoms with Gasteiger partial charge in [-0.2, -0.15) is 0 Å². The summed E-state index contributed by atoms with van der Waals surface area (Å²) in [6.07, 6.45) is 1.75. The summed E-state index contributed by atoms with van der Waals surface area (Å²) in [6.45, 7) is 0. The van der Waals surface area contributed by atoms with Crippen molar-refractivity contribution in [2.24, 2.45) is 0 Å². The highest BCUT2D eigenvalue weighted by Crippen LogP contribution is 2.46. The number of fused-ring (bicyclic) bond motifs is 1. The summed E-state index contributed by atoms with van der Waals surface area (Å²) in [5, 5.41) is 6.49. The van der Waals surface area contributed by atoms with Gasteiger partial charge in [-0.1, -0.05) is 0 Å². The predicted molar refractivity (Wildman–Crippen MR) is 109 cm³/mol. The van der Waals surface area contributed by atoms with Crippen molar-refractivity contribution in [1.29, 1.82) is 0 Å². The van der Waals surface area contributed by atoms with E-state index in [1.165, 1.54) is 0 Å². The van der Waals surface area contributed by atoms with Gasteiger partial charge in [-0.25, -0.2) is 0 Å². The van der Waals surface area contributed by atoms with E-state index in [1.807, 2.05) is 24.3 Å². The Bertz CT molecular complexity index is 1260. The number of aromatic nitrogens is 1. The number of benzene rings is 2. The number of ether oxygens (including phenoxy) is 3. The molecule has 1 unspecified atom stereocenters. The Morgan fingerprint density at radius 1 is 0.900 bits per heavy atom. The molecule has 1 aromatic heterocycles. The molecule has 0 bridgehead atoms. The normalized spacial score (nSPS) is 17.4. The van der Waals surface area contributed by atoms with E-state index in [0.717, 1.165) is 22.0 Å². The zero-order valence-corrected chi connectivity index (χ0v) is 16.6. The van der Waals surface area contributed by atoms with E-state index in [2.05, 4.69) is 15.6 Å². The minimum absolute atomic E-state index is 0.224. The summed E-state index contributed by atoms with van der Waals surface area (Å²) < 4.78 is 16.6. The summed E-state index contributed by atoms with van der Waals surface area (Å²) in [4.78, 5) is 28.4. The molecule has 8 heteroatoms. The van der Waals surface area contributed by atoms with Gasteiger partial charge in [-0.3, -0.25) is 14.9 Å². The molecule has 3 N–H and O–H groups in total. The van der Waals surface area contributed by atoms with Crippen LogP contribution in [0.15, 0.2) is 42.2 Å². The number of nitrogens with one attached hydrogen (secondary N) is 3. The van der Waals surface area contributed by atoms with Crippen LogP contribution in [0, 0.1) is 0 Å². The Labute approximate surface area is 171 Å². The first-order valence-corrected chi connectivity index (χ1v) is 9.34. The van der Waals surface area contributed by atoms with Crippen LogP contribution in [0.25, 0.3) is 16.5 Å². The van der Waals surface area contributed by atoms with Crippen molar-refractivity contribution in [2.75, 3.05) is 21.3 Å². The Hall–Kier alpha value is -3.94. The molecule has 2 aliphatic heterocycles. The van der Waals surface area contributed by atoms with E-state index < -0.39 is 17.9 Å². The fourth-order valence-corrected chi connectivity index (χ4v) is 4.25. The minimum Gasteiger partial charge on any atom is -0.497 e. The highest BCUT2D eigenvalue weighted by molar-refractivity contribution is 6.37. The lowest BCUT2D eigenvalue weighted by atomic mass is 9.92. The van der Waals surface area contributed by atoms with E-state index in [4.69, 9.17) is 14.2 Å². The number of carbonyl (C=O) groups excluding carboxylic acids is 2. The molecule has 3 heterocycles. The number of imide groups is 1. The van der Waals surface area contributed by atoms with Gasteiger partial charge in [-0.15, -0.1) is 0 Å². The number of methoxy groups -OCH3 is 3. The first-order chi connectivity index (χ1) is 14.6. The molecule has 0 radical (unpaired) electrons. The van der Waals surface area contributed by atoms with Gasteiger partial charge in [0.1, 0.15) is 22.9 Å². The number of amides is 2. The van der Waals surface area contributed by atoms with Crippen molar-refractivity contribution >= 4 is 28.3 Å². The van der Waals surface area contributed by atoms with Crippen LogP contribution in [0.4, 0.5) is 0 Å². The maximum atomic E-state index is 12.6. The Morgan fingerprint density at radius 3 is 2.43 bits per heavy atom. The van der Waals surface area contributed by atoms with Crippen molar-refractivity contribution in [2.45, 2.75) is 6.04 Å². The zero-order valence-electron chi connectivity index (χ0n) is 16.6. The SMILES string of the molecule is COc1ccc(C2NC3=C(C(=O)NC3=O)c3c[nH]c4ccc(OC)c2c34)c(OC)c1. The molecule has 0 fully saturated rings. The maximum Gasteiger partial charge on any atom is 0.275 e. The van der Waals surface area contributed by atoms with Crippen molar-refractivity contribution in [3.05, 3.63) is 58.9 Å². The third-order valence-corrected chi connectivity index (χ3v) is 5.60. The van der Waals surface area contributed by atoms with E-state index in [0.29, 0.717) is 28.4 Å². The Morgan fingerprint density at radius 2 is 1.70 bits per heavy atom. The van der Waals surface area contributed by atoms with E-state index in [9.17, 15) is 9.59 Å². The molecule has 2 aliphatic rings. The Balaban J connectivity index is 1.86. The second-order valence-corrected chi connectivity index (χ2v) is 7.02. The van der Waals surface area contributed by atoms with Crippen LogP contribution >= 0.6 is 0 Å². The second-order valence-electron chi connectivity index (χ2n) is 7.02. The molecule has 2 aromatic carbocycles. The number of rotatable bonds is 4. The molecule has 1 atom stereocenters. The predicted octanol–water partition coefficient (Wildman–Crippen LogP) is 2.25. The quantitative estimate of drug-likeness (QED) is 0.576. The first-order valence-electron chi connectivity index (χ1n) is 9.34. The van der Waals surface area contributed by atoms with Crippen LogP contribution in [-0.4, -0.2) is 38.1 Å². The van der Waals surface area contributed by atoms with Gasteiger partial charge in [0, 0.05) is 39.9 Å². The molecule has 0 saturated carbocycles. The third kappa shape index (κ3) is 2.40. The van der Waals surface area contributed by atoms with Crippen LogP contribution < -0.4 is 24.8 Å². The smallest absolute Gasteiger partial charge is 0.275 e. The molecule has 0 aliphatic carbocycles. The fourth-order valence-electron chi connectivity index (χ4n) is 4.25. The van der Waals surface area contributed by atoms with Gasteiger partial charge in [0.2, 0.25) is 0 Å². The molecule has 2 amide bonds. The molecule has 152 valence electrons. The Kier molecular flexibility index (Phi) is 3.95. The van der Waals surface area contributed by atoms with Crippen molar-refractivity contribution < 1.29 is 23.8 Å². The fraction of sp³-hybridized carbons (Fsp3) is 0.182. The highest BCUT2D eigenvalue weighted by atomic mass is 16.5. The van der Waals surface area contributed by atoms with E-state index in [1.54, 1.807) is 33.6 Å². The van der Waals surface area contributed by atoms with Gasteiger partial charge in [0.25, 0.3) is 11.8 Å². The topological polar surface area (TPSA) is 102 Å². The summed E-state index contributed by atoms with van der Waals surface area (Å²) in [5.74, 6) is 0.961. The standard InChI is InChI=1S/C22H19N3O5/c1-28-10-4-5-11(15(8-10)30-3)19-18-14(29-2)7-6-13-16(18)12(9-23-13)17-20(24-19)22(27)25-21(17)26/h4-9,19,23-24H,1-3H3,(H,25,26,27). The third-order valence-electron chi connectivity index (χ3n) is 5.60. The first kappa shape index (κ1) is 18.1. The lowest BCUT2D eigenvalue weighted by Crippen LogP contribution is -2.30. The van der Waals surface area contributed by atoms with E-state index in [-0.39, 0.29) is 5.70 Å². The number of carbonyl (C=O) groups is 2. The molecule has 3 aromatic rings. The van der Waals surface area contributed by atoms with Crippen LogP contribution in [0.5, 0.6) is 17.2 Å². The van der Waals surface area contributed by atoms with Gasteiger partial charge >= 0.3 is 0 Å². The van der Waals surface area contributed by atoms with Crippen LogP contribution in [-0.2, 0) is 9.59 Å². The highest BCUT2D eigenvalue weighted by Gasteiger charge is 2.39. The van der Waals surface area contributed by atoms with E-state index >= 15 is 0 Å². The lowest BCUT2D eigenvalue weighted by molar-refractivity contribution is -0.123. The average Bonchev–Trinajstić information content (AvgIpc) is 3.25. The number of hydrogen-bond acceptors (Lipinski definition) is 6. The molecule has 0 saturated heterocycles. The summed E-state index contributed by atoms with van der Waals surface area (Å²) in [5.41, 5.74) is 3.61. The molecule has 0 spiro atoms. The second kappa shape index (κ2) is 6.55. The average molecular weight is 405 g/mol. The van der Waals surface area contributed by atoms with Gasteiger partial charge < -0.3 is 24.5 Å². The maximum absolute atomic E-state index is 12.6. The summed E-state index contributed by atoms with van der Waals surface area (Å²) in [6, 6.07) is 8.72. The molecule has 30 heavy (non-hydrogen) atoms. The van der Waals surface area contributed by atoms with Crippen LogP contribution in [0.1, 0.15) is 22.7 Å². The van der Waals surface area contributed by atoms with Crippen LogP contribution in [0.3, 0.4) is 0 Å². The van der Waals surface area contributed by atoms with Gasteiger partial charge in [-0.05, 0) is 24.3 Å². The minimum atomic E-state index is -0.511.